The van der Waals surface area contributed by atoms with Gasteiger partial charge in [0.1, 0.15) is 17.4 Å². The van der Waals surface area contributed by atoms with E-state index in [1.165, 1.54) is 24.3 Å². The van der Waals surface area contributed by atoms with Gasteiger partial charge in [-0.2, -0.15) is 0 Å². The Morgan fingerprint density at radius 1 is 1.17 bits per heavy atom. The van der Waals surface area contributed by atoms with Gasteiger partial charge in [-0.1, -0.05) is 0 Å². The second kappa shape index (κ2) is 6.76. The van der Waals surface area contributed by atoms with Crippen LogP contribution in [0.2, 0.25) is 0 Å². The second-order valence-corrected chi connectivity index (χ2v) is 6.48. The number of hydrogen-bond donors (Lipinski definition) is 1. The molecule has 1 amide bonds. The van der Waals surface area contributed by atoms with Crippen molar-refractivity contribution in [2.45, 2.75) is 51.4 Å². The Morgan fingerprint density at radius 2 is 1.78 bits per heavy atom. The Morgan fingerprint density at radius 3 is 2.30 bits per heavy atom. The topological polar surface area (TPSA) is 94.1 Å². The summed E-state index contributed by atoms with van der Waals surface area (Å²) in [7, 11) is 0. The van der Waals surface area contributed by atoms with Crippen LogP contribution in [0.3, 0.4) is 0 Å². The van der Waals surface area contributed by atoms with Crippen LogP contribution in [-0.2, 0) is 9.47 Å². The van der Waals surface area contributed by atoms with Crippen LogP contribution >= 0.6 is 0 Å². The molecule has 1 saturated carbocycles. The van der Waals surface area contributed by atoms with Crippen molar-refractivity contribution in [2.75, 3.05) is 0 Å². The number of amides is 1. The van der Waals surface area contributed by atoms with Crippen LogP contribution in [0.1, 0.15) is 44.0 Å². The molecule has 23 heavy (non-hydrogen) atoms. The van der Waals surface area contributed by atoms with Gasteiger partial charge in [-0.3, -0.25) is 0 Å². The predicted molar refractivity (Wildman–Crippen MR) is 83.5 cm³/mol. The summed E-state index contributed by atoms with van der Waals surface area (Å²) in [5.74, 6) is -0.455. The van der Waals surface area contributed by atoms with E-state index < -0.39 is 17.7 Å². The van der Waals surface area contributed by atoms with Gasteiger partial charge in [-0.25, -0.2) is 9.59 Å². The smallest absolute Gasteiger partial charge is 0.407 e. The zero-order valence-electron chi connectivity index (χ0n) is 13.4. The van der Waals surface area contributed by atoms with Gasteiger partial charge in [0.2, 0.25) is 0 Å². The number of hydrogen-bond acceptors (Lipinski definition) is 6. The van der Waals surface area contributed by atoms with Gasteiger partial charge in [0.15, 0.2) is 0 Å². The summed E-state index contributed by atoms with van der Waals surface area (Å²) >= 11 is 0. The van der Waals surface area contributed by atoms with E-state index in [1.807, 2.05) is 0 Å². The monoisotopic (exact) mass is 320 g/mol. The summed E-state index contributed by atoms with van der Waals surface area (Å²) in [5, 5.41) is 5.50. The van der Waals surface area contributed by atoms with Crippen molar-refractivity contribution in [2.24, 2.45) is 5.18 Å². The third-order valence-corrected chi connectivity index (χ3v) is 3.30. The van der Waals surface area contributed by atoms with Crippen LogP contribution in [0.4, 0.5) is 10.5 Å². The number of nitrogens with one attached hydrogen (secondary N) is 1. The van der Waals surface area contributed by atoms with E-state index in [2.05, 4.69) is 10.5 Å². The Balaban J connectivity index is 1.74. The first-order valence-electron chi connectivity index (χ1n) is 7.41. The maximum absolute atomic E-state index is 11.9. The molecule has 0 unspecified atom stereocenters. The average molecular weight is 320 g/mol. The highest BCUT2D eigenvalue weighted by Gasteiger charge is 2.34. The highest BCUT2D eigenvalue weighted by Crippen LogP contribution is 2.25. The number of carbonyl (C=O) groups excluding carboxylic acids is 2. The fourth-order valence-corrected chi connectivity index (χ4v) is 2.13. The minimum Gasteiger partial charge on any atom is -0.459 e. The number of alkyl carbamates (subject to hydrolysis) is 1. The van der Waals surface area contributed by atoms with Gasteiger partial charge in [-0.15, -0.1) is 4.91 Å². The van der Waals surface area contributed by atoms with Gasteiger partial charge in [0, 0.05) is 18.9 Å². The average Bonchev–Trinajstić information content (AvgIpc) is 2.43. The molecule has 0 spiro atoms. The summed E-state index contributed by atoms with van der Waals surface area (Å²) < 4.78 is 10.5. The van der Waals surface area contributed by atoms with Crippen LogP contribution in [-0.4, -0.2) is 29.8 Å². The van der Waals surface area contributed by atoms with Crippen molar-refractivity contribution in [3.8, 4) is 0 Å². The molecule has 124 valence electrons. The third kappa shape index (κ3) is 5.05. The number of benzene rings is 1. The molecule has 0 saturated heterocycles. The van der Waals surface area contributed by atoms with Crippen molar-refractivity contribution in [3.05, 3.63) is 34.7 Å². The lowest BCUT2D eigenvalue weighted by molar-refractivity contribution is -0.00487. The maximum atomic E-state index is 11.9. The van der Waals surface area contributed by atoms with Crippen molar-refractivity contribution in [3.63, 3.8) is 0 Å². The molecule has 0 radical (unpaired) electrons. The van der Waals surface area contributed by atoms with Crippen molar-refractivity contribution in [1.82, 2.24) is 5.32 Å². The number of carbonyl (C=O) groups is 2. The zero-order valence-corrected chi connectivity index (χ0v) is 13.4. The van der Waals surface area contributed by atoms with E-state index >= 15 is 0 Å². The molecule has 1 N–H and O–H groups in total. The molecule has 0 heterocycles. The molecular weight excluding hydrogens is 300 g/mol. The van der Waals surface area contributed by atoms with Crippen LogP contribution in [0.25, 0.3) is 0 Å². The molecule has 7 nitrogen and oxygen atoms in total. The number of esters is 1. The first-order chi connectivity index (χ1) is 10.8. The molecule has 0 bridgehead atoms. The molecule has 0 aliphatic heterocycles. The molecule has 1 aliphatic rings. The van der Waals surface area contributed by atoms with Gasteiger partial charge in [0.05, 0.1) is 5.56 Å². The standard InChI is InChI=1S/C16H20N2O5/c1-16(2,3)23-15(20)17-12-8-13(9-12)22-14(19)10-4-6-11(18-21)7-5-10/h4-7,12-13H,8-9H2,1-3H3,(H,17,20). The van der Waals surface area contributed by atoms with Crippen molar-refractivity contribution >= 4 is 17.7 Å². The van der Waals surface area contributed by atoms with E-state index in [0.29, 0.717) is 18.4 Å². The lowest BCUT2D eigenvalue weighted by Gasteiger charge is -2.35. The van der Waals surface area contributed by atoms with Gasteiger partial charge in [0.25, 0.3) is 0 Å². The Hall–Kier alpha value is -2.44. The molecular formula is C16H20N2O5. The van der Waals surface area contributed by atoms with Crippen LogP contribution < -0.4 is 5.32 Å². The van der Waals surface area contributed by atoms with Crippen LogP contribution in [0.5, 0.6) is 0 Å². The highest BCUT2D eigenvalue weighted by molar-refractivity contribution is 5.89. The Kier molecular flexibility index (Phi) is 4.98. The SMILES string of the molecule is CC(C)(C)OC(=O)NC1CC(OC(=O)c2ccc(N=O)cc2)C1. The zero-order chi connectivity index (χ0) is 17.0. The number of nitroso groups, excluding NO2 is 1. The number of nitrogens with zero attached hydrogens (tertiary/aromatic N) is 1. The lowest BCUT2D eigenvalue weighted by Crippen LogP contribution is -2.49. The van der Waals surface area contributed by atoms with Gasteiger partial charge < -0.3 is 14.8 Å². The summed E-state index contributed by atoms with van der Waals surface area (Å²) in [6.07, 6.45) is 0.410. The largest absolute Gasteiger partial charge is 0.459 e. The van der Waals surface area contributed by atoms with Crippen molar-refractivity contribution in [1.29, 1.82) is 0 Å². The fourth-order valence-electron chi connectivity index (χ4n) is 2.13. The van der Waals surface area contributed by atoms with Gasteiger partial charge >= 0.3 is 12.1 Å². The molecule has 1 aromatic carbocycles. The quantitative estimate of drug-likeness (QED) is 0.678. The van der Waals surface area contributed by atoms with Crippen LogP contribution in [0.15, 0.2) is 29.4 Å². The van der Waals surface area contributed by atoms with E-state index in [0.717, 1.165) is 0 Å². The molecule has 0 aromatic heterocycles. The molecule has 0 atom stereocenters. The number of ether oxygens (including phenoxy) is 2. The third-order valence-electron chi connectivity index (χ3n) is 3.30. The molecule has 7 heteroatoms. The van der Waals surface area contributed by atoms with Crippen molar-refractivity contribution < 1.29 is 19.1 Å². The second-order valence-electron chi connectivity index (χ2n) is 6.48. The van der Waals surface area contributed by atoms with E-state index in [4.69, 9.17) is 9.47 Å². The van der Waals surface area contributed by atoms with Gasteiger partial charge in [-0.05, 0) is 50.2 Å². The van der Waals surface area contributed by atoms with Crippen LogP contribution in [0, 0.1) is 4.91 Å². The van der Waals surface area contributed by atoms with E-state index in [-0.39, 0.29) is 17.8 Å². The molecule has 1 aliphatic carbocycles. The first-order valence-corrected chi connectivity index (χ1v) is 7.41. The Bertz CT molecular complexity index is 585. The first kappa shape index (κ1) is 16.9. The normalized spacial score (nSPS) is 20.1. The minimum absolute atomic E-state index is 0.0516. The van der Waals surface area contributed by atoms with E-state index in [9.17, 15) is 14.5 Å². The predicted octanol–water partition coefficient (Wildman–Crippen LogP) is 3.30. The minimum atomic E-state index is -0.539. The summed E-state index contributed by atoms with van der Waals surface area (Å²) in [6, 6.07) is 5.85. The highest BCUT2D eigenvalue weighted by atomic mass is 16.6. The summed E-state index contributed by atoms with van der Waals surface area (Å²) in [6.45, 7) is 5.38. The fraction of sp³-hybridized carbons (Fsp3) is 0.500. The number of rotatable bonds is 4. The molecule has 2 rings (SSSR count). The lowest BCUT2D eigenvalue weighted by atomic mass is 9.89. The maximum Gasteiger partial charge on any atom is 0.407 e. The molecule has 1 fully saturated rings. The summed E-state index contributed by atoms with van der Waals surface area (Å²) in [5.41, 5.74) is 0.0789. The van der Waals surface area contributed by atoms with E-state index in [1.54, 1.807) is 20.8 Å². The molecule has 1 aromatic rings. The Labute approximate surface area is 134 Å². The summed E-state index contributed by atoms with van der Waals surface area (Å²) in [4.78, 5) is 33.8.